The van der Waals surface area contributed by atoms with E-state index in [1.807, 2.05) is 12.1 Å². The number of hydrogen-bond donors (Lipinski definition) is 1. The quantitative estimate of drug-likeness (QED) is 0.650. The SMILES string of the molecule is CN1CCN(c2ccccc2CNC(=O)C2CCN(c3ccc4nncn4n3)CC2)CC1. The minimum Gasteiger partial charge on any atom is -0.369 e. The Balaban J connectivity index is 1.16. The van der Waals surface area contributed by atoms with Gasteiger partial charge in [-0.2, -0.15) is 4.52 Å². The molecule has 3 aromatic rings. The molecule has 9 heteroatoms. The number of nitrogens with one attached hydrogen (secondary N) is 1. The van der Waals surface area contributed by atoms with Crippen LogP contribution >= 0.6 is 0 Å². The third-order valence-electron chi connectivity index (χ3n) is 6.63. The first kappa shape index (κ1) is 20.7. The molecule has 0 bridgehead atoms. The van der Waals surface area contributed by atoms with Crippen LogP contribution in [0.1, 0.15) is 18.4 Å². The Morgan fingerprint density at radius 1 is 1.00 bits per heavy atom. The van der Waals surface area contributed by atoms with E-state index < -0.39 is 0 Å². The Morgan fingerprint density at radius 2 is 1.78 bits per heavy atom. The van der Waals surface area contributed by atoms with Crippen LogP contribution < -0.4 is 15.1 Å². The molecule has 0 unspecified atom stereocenters. The summed E-state index contributed by atoms with van der Waals surface area (Å²) >= 11 is 0. The van der Waals surface area contributed by atoms with Gasteiger partial charge in [0, 0.05) is 57.4 Å². The van der Waals surface area contributed by atoms with E-state index in [4.69, 9.17) is 0 Å². The summed E-state index contributed by atoms with van der Waals surface area (Å²) in [5.41, 5.74) is 3.17. The molecule has 0 atom stereocenters. The third kappa shape index (κ3) is 4.38. The molecule has 2 aliphatic rings. The summed E-state index contributed by atoms with van der Waals surface area (Å²) in [4.78, 5) is 19.9. The smallest absolute Gasteiger partial charge is 0.223 e. The number of fused-ring (bicyclic) bond motifs is 1. The molecule has 0 radical (unpaired) electrons. The molecule has 2 saturated heterocycles. The molecule has 0 saturated carbocycles. The van der Waals surface area contributed by atoms with E-state index >= 15 is 0 Å². The number of piperidine rings is 1. The molecule has 4 heterocycles. The molecule has 1 amide bonds. The van der Waals surface area contributed by atoms with E-state index in [-0.39, 0.29) is 11.8 Å². The molecule has 32 heavy (non-hydrogen) atoms. The Hall–Kier alpha value is -3.20. The second kappa shape index (κ2) is 9.12. The second-order valence-corrected chi connectivity index (χ2v) is 8.72. The summed E-state index contributed by atoms with van der Waals surface area (Å²) in [5.74, 6) is 1.10. The molecule has 1 N–H and O–H groups in total. The third-order valence-corrected chi connectivity index (χ3v) is 6.63. The number of likely N-dealkylation sites (N-methyl/N-ethyl adjacent to an activating group) is 1. The zero-order valence-corrected chi connectivity index (χ0v) is 18.5. The molecule has 0 aliphatic carbocycles. The number of carbonyl (C=O) groups is 1. The predicted octanol–water partition coefficient (Wildman–Crippen LogP) is 1.41. The van der Waals surface area contributed by atoms with E-state index in [0.717, 1.165) is 63.6 Å². The molecule has 2 aromatic heterocycles. The van der Waals surface area contributed by atoms with E-state index in [9.17, 15) is 4.79 Å². The fraction of sp³-hybridized carbons (Fsp3) is 0.478. The Bertz CT molecular complexity index is 1070. The van der Waals surface area contributed by atoms with Gasteiger partial charge >= 0.3 is 0 Å². The van der Waals surface area contributed by atoms with Crippen molar-refractivity contribution in [1.29, 1.82) is 0 Å². The van der Waals surface area contributed by atoms with Crippen molar-refractivity contribution in [2.24, 2.45) is 5.92 Å². The number of anilines is 2. The van der Waals surface area contributed by atoms with Gasteiger partial charge in [0.05, 0.1) is 0 Å². The largest absolute Gasteiger partial charge is 0.369 e. The van der Waals surface area contributed by atoms with Crippen molar-refractivity contribution < 1.29 is 4.79 Å². The molecular weight excluding hydrogens is 404 g/mol. The minimum atomic E-state index is 0.0423. The van der Waals surface area contributed by atoms with Crippen LogP contribution in [0.3, 0.4) is 0 Å². The van der Waals surface area contributed by atoms with Gasteiger partial charge in [0.25, 0.3) is 0 Å². The van der Waals surface area contributed by atoms with Gasteiger partial charge in [-0.15, -0.1) is 15.3 Å². The molecule has 2 aliphatic heterocycles. The van der Waals surface area contributed by atoms with Crippen molar-refractivity contribution in [3.8, 4) is 0 Å². The van der Waals surface area contributed by atoms with Gasteiger partial charge in [0.2, 0.25) is 5.91 Å². The average molecular weight is 435 g/mol. The van der Waals surface area contributed by atoms with Crippen molar-refractivity contribution in [3.05, 3.63) is 48.3 Å². The first-order chi connectivity index (χ1) is 15.7. The number of rotatable bonds is 5. The number of amides is 1. The number of piperazine rings is 1. The molecule has 0 spiro atoms. The zero-order valence-electron chi connectivity index (χ0n) is 18.5. The van der Waals surface area contributed by atoms with Gasteiger partial charge in [0.1, 0.15) is 12.1 Å². The normalized spacial score (nSPS) is 18.3. The maximum absolute atomic E-state index is 12.9. The van der Waals surface area contributed by atoms with Crippen LogP contribution in [0.2, 0.25) is 0 Å². The minimum absolute atomic E-state index is 0.0423. The summed E-state index contributed by atoms with van der Waals surface area (Å²) in [6.07, 6.45) is 3.26. The first-order valence-electron chi connectivity index (χ1n) is 11.4. The highest BCUT2D eigenvalue weighted by Gasteiger charge is 2.26. The number of benzene rings is 1. The lowest BCUT2D eigenvalue weighted by molar-refractivity contribution is -0.125. The highest BCUT2D eigenvalue weighted by molar-refractivity contribution is 5.79. The summed E-state index contributed by atoms with van der Waals surface area (Å²) in [6.45, 7) is 6.39. The molecule has 168 valence electrons. The van der Waals surface area contributed by atoms with E-state index in [1.54, 1.807) is 10.8 Å². The van der Waals surface area contributed by atoms with Crippen molar-refractivity contribution in [3.63, 3.8) is 0 Å². The summed E-state index contributed by atoms with van der Waals surface area (Å²) in [5, 5.41) is 15.7. The van der Waals surface area contributed by atoms with Crippen molar-refractivity contribution >= 4 is 23.1 Å². The van der Waals surface area contributed by atoms with Crippen LogP contribution in [-0.4, -0.2) is 76.9 Å². The number of para-hydroxylation sites is 1. The van der Waals surface area contributed by atoms with Gasteiger partial charge in [0.15, 0.2) is 5.65 Å². The van der Waals surface area contributed by atoms with Crippen LogP contribution in [0, 0.1) is 5.92 Å². The Morgan fingerprint density at radius 3 is 2.59 bits per heavy atom. The van der Waals surface area contributed by atoms with Gasteiger partial charge in [-0.05, 0) is 43.7 Å². The molecule has 2 fully saturated rings. The van der Waals surface area contributed by atoms with Crippen molar-refractivity contribution in [1.82, 2.24) is 30.0 Å². The van der Waals surface area contributed by atoms with E-state index in [1.165, 1.54) is 11.3 Å². The van der Waals surface area contributed by atoms with Crippen LogP contribution in [0.25, 0.3) is 5.65 Å². The van der Waals surface area contributed by atoms with E-state index in [0.29, 0.717) is 6.54 Å². The Labute approximate surface area is 188 Å². The highest BCUT2D eigenvalue weighted by atomic mass is 16.1. The van der Waals surface area contributed by atoms with Crippen LogP contribution in [0.15, 0.2) is 42.7 Å². The molecule has 9 nitrogen and oxygen atoms in total. The first-order valence-corrected chi connectivity index (χ1v) is 11.4. The number of nitrogens with zero attached hydrogens (tertiary/aromatic N) is 7. The van der Waals surface area contributed by atoms with E-state index in [2.05, 4.69) is 66.6 Å². The maximum Gasteiger partial charge on any atom is 0.223 e. The number of hydrogen-bond acceptors (Lipinski definition) is 7. The zero-order chi connectivity index (χ0) is 21.9. The fourth-order valence-corrected chi connectivity index (χ4v) is 4.60. The standard InChI is InChI=1S/C23H30N8O/c1-28-12-14-29(15-13-28)20-5-3-2-4-19(20)16-24-23(32)18-8-10-30(11-9-18)22-7-6-21-26-25-17-31(21)27-22/h2-7,17-18H,8-16H2,1H3,(H,24,32). The number of aromatic nitrogens is 4. The van der Waals surface area contributed by atoms with Crippen LogP contribution in [0.5, 0.6) is 0 Å². The lowest BCUT2D eigenvalue weighted by atomic mass is 9.95. The maximum atomic E-state index is 12.9. The predicted molar refractivity (Wildman–Crippen MR) is 124 cm³/mol. The second-order valence-electron chi connectivity index (χ2n) is 8.72. The van der Waals surface area contributed by atoms with Gasteiger partial charge in [-0.25, -0.2) is 0 Å². The van der Waals surface area contributed by atoms with Gasteiger partial charge < -0.3 is 20.0 Å². The fourth-order valence-electron chi connectivity index (χ4n) is 4.60. The highest BCUT2D eigenvalue weighted by Crippen LogP contribution is 2.24. The van der Waals surface area contributed by atoms with Crippen molar-refractivity contribution in [2.45, 2.75) is 19.4 Å². The average Bonchev–Trinajstić information content (AvgIpc) is 3.31. The molecular formula is C23H30N8O. The van der Waals surface area contributed by atoms with Crippen LogP contribution in [0.4, 0.5) is 11.5 Å². The summed E-state index contributed by atoms with van der Waals surface area (Å²) in [7, 11) is 2.16. The number of carbonyl (C=O) groups excluding carboxylic acids is 1. The van der Waals surface area contributed by atoms with Crippen LogP contribution in [-0.2, 0) is 11.3 Å². The topological polar surface area (TPSA) is 81.9 Å². The summed E-state index contributed by atoms with van der Waals surface area (Å²) in [6, 6.07) is 12.3. The summed E-state index contributed by atoms with van der Waals surface area (Å²) < 4.78 is 1.69. The van der Waals surface area contributed by atoms with Crippen molar-refractivity contribution in [2.75, 3.05) is 56.1 Å². The molecule has 1 aromatic carbocycles. The monoisotopic (exact) mass is 434 g/mol. The van der Waals surface area contributed by atoms with Gasteiger partial charge in [-0.1, -0.05) is 18.2 Å². The van der Waals surface area contributed by atoms with Gasteiger partial charge in [-0.3, -0.25) is 4.79 Å². The Kier molecular flexibility index (Phi) is 5.89. The molecule has 5 rings (SSSR count). The lowest BCUT2D eigenvalue weighted by Gasteiger charge is -2.35. The lowest BCUT2D eigenvalue weighted by Crippen LogP contribution is -2.45.